The molecule has 3 heterocycles. The predicted octanol–water partition coefficient (Wildman–Crippen LogP) is 4.33. The van der Waals surface area contributed by atoms with Crippen molar-refractivity contribution >= 4 is 29.3 Å². The number of hydrogen-bond acceptors (Lipinski definition) is 6. The van der Waals surface area contributed by atoms with E-state index < -0.39 is 0 Å². The lowest BCUT2D eigenvalue weighted by Crippen LogP contribution is -2.43. The number of nitrogens with one attached hydrogen (secondary N) is 1. The molecule has 8 heteroatoms. The van der Waals surface area contributed by atoms with Gasteiger partial charge in [0.1, 0.15) is 0 Å². The summed E-state index contributed by atoms with van der Waals surface area (Å²) in [5.74, 6) is -0.181. The van der Waals surface area contributed by atoms with Gasteiger partial charge in [0, 0.05) is 35.1 Å². The maximum atomic E-state index is 12.8. The summed E-state index contributed by atoms with van der Waals surface area (Å²) >= 11 is 1.49. The molecule has 1 atom stereocenters. The second-order valence-electron chi connectivity index (χ2n) is 7.62. The average molecular weight is 437 g/mol. The van der Waals surface area contributed by atoms with Crippen molar-refractivity contribution in [3.63, 3.8) is 0 Å². The summed E-state index contributed by atoms with van der Waals surface area (Å²) in [7, 11) is 0. The second kappa shape index (κ2) is 9.34. The van der Waals surface area contributed by atoms with Crippen LogP contribution in [0.1, 0.15) is 34.8 Å². The van der Waals surface area contributed by atoms with Crippen LogP contribution < -0.4 is 5.32 Å². The van der Waals surface area contributed by atoms with Gasteiger partial charge in [-0.05, 0) is 80.9 Å². The van der Waals surface area contributed by atoms with Crippen LogP contribution in [0.4, 0.5) is 5.69 Å². The SMILES string of the molecule is Cc1cc(C)nc(Sc2ccc(NC(=O)[C@H]3CCCN(C(=O)c4ccco4)C3)cc2)n1. The first kappa shape index (κ1) is 21.1. The number of benzene rings is 1. The minimum atomic E-state index is -0.245. The lowest BCUT2D eigenvalue weighted by Gasteiger charge is -2.31. The first-order valence-electron chi connectivity index (χ1n) is 10.2. The van der Waals surface area contributed by atoms with Crippen molar-refractivity contribution in [1.29, 1.82) is 0 Å². The van der Waals surface area contributed by atoms with E-state index in [0.717, 1.165) is 34.8 Å². The fourth-order valence-electron chi connectivity index (χ4n) is 3.63. The Balaban J connectivity index is 1.35. The first-order valence-corrected chi connectivity index (χ1v) is 11.0. The summed E-state index contributed by atoms with van der Waals surface area (Å²) in [5, 5.41) is 3.68. The number of furan rings is 1. The van der Waals surface area contributed by atoms with E-state index in [2.05, 4.69) is 15.3 Å². The normalized spacial score (nSPS) is 16.2. The number of likely N-dealkylation sites (tertiary alicyclic amines) is 1. The number of piperidine rings is 1. The van der Waals surface area contributed by atoms with Gasteiger partial charge in [-0.3, -0.25) is 9.59 Å². The summed E-state index contributed by atoms with van der Waals surface area (Å²) < 4.78 is 5.20. The first-order chi connectivity index (χ1) is 15.0. The van der Waals surface area contributed by atoms with Crippen molar-refractivity contribution in [1.82, 2.24) is 14.9 Å². The molecule has 1 N–H and O–H groups in total. The average Bonchev–Trinajstić information content (AvgIpc) is 3.29. The highest BCUT2D eigenvalue weighted by atomic mass is 32.2. The highest BCUT2D eigenvalue weighted by molar-refractivity contribution is 7.99. The Labute approximate surface area is 185 Å². The molecule has 160 valence electrons. The Hall–Kier alpha value is -3.13. The number of anilines is 1. The van der Waals surface area contributed by atoms with Crippen LogP contribution in [-0.4, -0.2) is 39.8 Å². The maximum Gasteiger partial charge on any atom is 0.289 e. The van der Waals surface area contributed by atoms with Crippen molar-refractivity contribution < 1.29 is 14.0 Å². The number of nitrogens with zero attached hydrogens (tertiary/aromatic N) is 3. The summed E-state index contributed by atoms with van der Waals surface area (Å²) in [4.78, 5) is 36.9. The van der Waals surface area contributed by atoms with E-state index >= 15 is 0 Å². The van der Waals surface area contributed by atoms with E-state index in [-0.39, 0.29) is 17.7 Å². The number of rotatable bonds is 5. The van der Waals surface area contributed by atoms with Crippen LogP contribution in [0.15, 0.2) is 63.2 Å². The molecule has 2 amide bonds. The number of hydrogen-bond donors (Lipinski definition) is 1. The van der Waals surface area contributed by atoms with Gasteiger partial charge in [0.25, 0.3) is 5.91 Å². The topological polar surface area (TPSA) is 88.3 Å². The van der Waals surface area contributed by atoms with Gasteiger partial charge in [-0.2, -0.15) is 0 Å². The molecule has 1 fully saturated rings. The van der Waals surface area contributed by atoms with E-state index in [1.807, 2.05) is 44.2 Å². The fourth-order valence-corrected chi connectivity index (χ4v) is 4.49. The minimum Gasteiger partial charge on any atom is -0.459 e. The predicted molar refractivity (Wildman–Crippen MR) is 118 cm³/mol. The number of aromatic nitrogens is 2. The Morgan fingerprint density at radius 1 is 1.13 bits per heavy atom. The Kier molecular flexibility index (Phi) is 6.36. The molecular formula is C23H24N4O3S. The van der Waals surface area contributed by atoms with Crippen molar-refractivity contribution in [3.8, 4) is 0 Å². The molecule has 0 unspecified atom stereocenters. The number of aryl methyl sites for hydroxylation is 2. The second-order valence-corrected chi connectivity index (χ2v) is 8.66. The number of carbonyl (C=O) groups excluding carboxylic acids is 2. The van der Waals surface area contributed by atoms with E-state index in [9.17, 15) is 9.59 Å². The van der Waals surface area contributed by atoms with Gasteiger partial charge >= 0.3 is 0 Å². The van der Waals surface area contributed by atoms with Crippen LogP contribution in [0.5, 0.6) is 0 Å². The van der Waals surface area contributed by atoms with E-state index in [1.165, 1.54) is 18.0 Å². The lowest BCUT2D eigenvalue weighted by atomic mass is 9.96. The molecule has 1 aliphatic heterocycles. The number of carbonyl (C=O) groups is 2. The third-order valence-corrected chi connectivity index (χ3v) is 5.98. The number of amides is 2. The summed E-state index contributed by atoms with van der Waals surface area (Å²) in [5.41, 5.74) is 2.60. The zero-order valence-corrected chi connectivity index (χ0v) is 18.3. The molecule has 31 heavy (non-hydrogen) atoms. The molecule has 3 aromatic rings. The molecule has 4 rings (SSSR count). The summed E-state index contributed by atoms with van der Waals surface area (Å²) in [6.45, 7) is 4.93. The Morgan fingerprint density at radius 3 is 2.55 bits per heavy atom. The summed E-state index contributed by atoms with van der Waals surface area (Å²) in [6, 6.07) is 12.9. The third-order valence-electron chi connectivity index (χ3n) is 5.10. The molecule has 1 aliphatic rings. The van der Waals surface area contributed by atoms with Gasteiger partial charge in [-0.25, -0.2) is 9.97 Å². The molecule has 0 bridgehead atoms. The lowest BCUT2D eigenvalue weighted by molar-refractivity contribution is -0.121. The zero-order chi connectivity index (χ0) is 21.8. The van der Waals surface area contributed by atoms with Gasteiger partial charge in [0.05, 0.1) is 12.2 Å². The van der Waals surface area contributed by atoms with Crippen LogP contribution in [-0.2, 0) is 4.79 Å². The molecule has 0 aliphatic carbocycles. The van der Waals surface area contributed by atoms with Crippen LogP contribution in [0, 0.1) is 19.8 Å². The van der Waals surface area contributed by atoms with Crippen molar-refractivity contribution in [2.75, 3.05) is 18.4 Å². The van der Waals surface area contributed by atoms with Crippen molar-refractivity contribution in [2.24, 2.45) is 5.92 Å². The molecule has 2 aromatic heterocycles. The standard InChI is InChI=1S/C23H24N4O3S/c1-15-13-16(2)25-23(24-15)31-19-9-7-18(8-10-19)26-21(28)17-5-3-11-27(14-17)22(29)20-6-4-12-30-20/h4,6-10,12-13,17H,3,5,11,14H2,1-2H3,(H,26,28)/t17-/m0/s1. The fraction of sp³-hybridized carbons (Fsp3) is 0.304. The van der Waals surface area contributed by atoms with Crippen molar-refractivity contribution in [2.45, 2.75) is 36.7 Å². The van der Waals surface area contributed by atoms with E-state index in [4.69, 9.17) is 4.42 Å². The summed E-state index contributed by atoms with van der Waals surface area (Å²) in [6.07, 6.45) is 3.03. The van der Waals surface area contributed by atoms with Gasteiger partial charge in [-0.15, -0.1) is 0 Å². The van der Waals surface area contributed by atoms with E-state index in [1.54, 1.807) is 17.0 Å². The highest BCUT2D eigenvalue weighted by Crippen LogP contribution is 2.27. The molecule has 0 spiro atoms. The smallest absolute Gasteiger partial charge is 0.289 e. The largest absolute Gasteiger partial charge is 0.459 e. The molecular weight excluding hydrogens is 412 g/mol. The van der Waals surface area contributed by atoms with E-state index in [0.29, 0.717) is 24.0 Å². The Morgan fingerprint density at radius 2 is 1.87 bits per heavy atom. The maximum absolute atomic E-state index is 12.8. The van der Waals surface area contributed by atoms with Crippen LogP contribution in [0.3, 0.4) is 0 Å². The van der Waals surface area contributed by atoms with Gasteiger partial charge in [0.2, 0.25) is 5.91 Å². The molecule has 1 aromatic carbocycles. The van der Waals surface area contributed by atoms with Crippen molar-refractivity contribution in [3.05, 3.63) is 65.9 Å². The van der Waals surface area contributed by atoms with Gasteiger partial charge in [-0.1, -0.05) is 0 Å². The minimum absolute atomic E-state index is 0.0741. The van der Waals surface area contributed by atoms with Crippen LogP contribution >= 0.6 is 11.8 Å². The monoisotopic (exact) mass is 436 g/mol. The highest BCUT2D eigenvalue weighted by Gasteiger charge is 2.29. The Bertz CT molecular complexity index is 1050. The third kappa shape index (κ3) is 5.32. The molecule has 1 saturated heterocycles. The molecule has 0 radical (unpaired) electrons. The van der Waals surface area contributed by atoms with Crippen LogP contribution in [0.25, 0.3) is 0 Å². The molecule has 7 nitrogen and oxygen atoms in total. The molecule has 0 saturated carbocycles. The quantitative estimate of drug-likeness (QED) is 0.599. The van der Waals surface area contributed by atoms with Crippen LogP contribution in [0.2, 0.25) is 0 Å². The zero-order valence-electron chi connectivity index (χ0n) is 17.5. The van der Waals surface area contributed by atoms with Gasteiger partial charge in [0.15, 0.2) is 10.9 Å². The van der Waals surface area contributed by atoms with Gasteiger partial charge < -0.3 is 14.6 Å².